The number of likely N-dealkylation sites (N-methyl/N-ethyl adjacent to an activating group) is 1. The third-order valence-corrected chi connectivity index (χ3v) is 3.03. The van der Waals surface area contributed by atoms with Gasteiger partial charge in [0.1, 0.15) is 0 Å². The predicted molar refractivity (Wildman–Crippen MR) is 80.4 cm³/mol. The van der Waals surface area contributed by atoms with E-state index in [4.69, 9.17) is 18.0 Å². The van der Waals surface area contributed by atoms with Crippen LogP contribution >= 0.6 is 12.2 Å². The van der Waals surface area contributed by atoms with Crippen LogP contribution in [0.1, 0.15) is 33.6 Å². The average Bonchev–Trinajstić information content (AvgIpc) is 2.20. The molecule has 0 aromatic carbocycles. The Bertz CT molecular complexity index is 217. The van der Waals surface area contributed by atoms with Gasteiger partial charge in [0.05, 0.1) is 4.99 Å². The fraction of sp³-hybridized carbons (Fsp3) is 0.923. The lowest BCUT2D eigenvalue weighted by Crippen LogP contribution is -2.43. The van der Waals surface area contributed by atoms with Gasteiger partial charge in [-0.2, -0.15) is 0 Å². The van der Waals surface area contributed by atoms with Crippen LogP contribution in [0.4, 0.5) is 0 Å². The average molecular weight is 259 g/mol. The number of rotatable bonds is 9. The van der Waals surface area contributed by atoms with E-state index in [1.807, 2.05) is 0 Å². The van der Waals surface area contributed by atoms with E-state index in [1.165, 1.54) is 0 Å². The summed E-state index contributed by atoms with van der Waals surface area (Å²) < 4.78 is 0. The van der Waals surface area contributed by atoms with E-state index in [-0.39, 0.29) is 0 Å². The van der Waals surface area contributed by atoms with Crippen LogP contribution in [0.3, 0.4) is 0 Å². The SMILES string of the molecule is CCC(CC(N)=S)N(CCN(C)C)CC(C)C. The van der Waals surface area contributed by atoms with Crippen LogP contribution < -0.4 is 5.73 Å². The van der Waals surface area contributed by atoms with Gasteiger partial charge in [0.15, 0.2) is 0 Å². The highest BCUT2D eigenvalue weighted by molar-refractivity contribution is 7.80. The summed E-state index contributed by atoms with van der Waals surface area (Å²) in [7, 11) is 4.23. The second kappa shape index (κ2) is 8.84. The molecule has 0 saturated carbocycles. The van der Waals surface area contributed by atoms with Crippen molar-refractivity contribution in [2.75, 3.05) is 33.7 Å². The molecule has 4 heteroatoms. The highest BCUT2D eigenvalue weighted by Gasteiger charge is 2.18. The van der Waals surface area contributed by atoms with Gasteiger partial charge in [-0.3, -0.25) is 4.90 Å². The van der Waals surface area contributed by atoms with Gasteiger partial charge < -0.3 is 10.6 Å². The molecule has 0 bridgehead atoms. The Morgan fingerprint density at radius 1 is 1.24 bits per heavy atom. The van der Waals surface area contributed by atoms with Crippen LogP contribution in [0.15, 0.2) is 0 Å². The monoisotopic (exact) mass is 259 g/mol. The minimum absolute atomic E-state index is 0.495. The van der Waals surface area contributed by atoms with E-state index in [0.29, 0.717) is 16.9 Å². The third kappa shape index (κ3) is 8.52. The van der Waals surface area contributed by atoms with Crippen molar-refractivity contribution in [2.45, 2.75) is 39.7 Å². The van der Waals surface area contributed by atoms with E-state index in [0.717, 1.165) is 32.5 Å². The number of nitrogens with two attached hydrogens (primary N) is 1. The lowest BCUT2D eigenvalue weighted by atomic mass is 10.1. The quantitative estimate of drug-likeness (QED) is 0.642. The fourth-order valence-corrected chi connectivity index (χ4v) is 2.18. The molecular formula is C13H29N3S. The first kappa shape index (κ1) is 16.8. The molecule has 0 aliphatic heterocycles. The van der Waals surface area contributed by atoms with Crippen LogP contribution in [-0.4, -0.2) is 54.6 Å². The zero-order valence-corrected chi connectivity index (χ0v) is 12.9. The van der Waals surface area contributed by atoms with E-state index in [1.54, 1.807) is 0 Å². The lowest BCUT2D eigenvalue weighted by Gasteiger charge is -2.33. The molecule has 0 saturated heterocycles. The van der Waals surface area contributed by atoms with Crippen LogP contribution in [0.5, 0.6) is 0 Å². The number of hydrogen-bond acceptors (Lipinski definition) is 3. The molecule has 0 amide bonds. The largest absolute Gasteiger partial charge is 0.393 e. The van der Waals surface area contributed by atoms with Gasteiger partial charge >= 0.3 is 0 Å². The molecule has 0 spiro atoms. The maximum atomic E-state index is 5.69. The first-order valence-electron chi connectivity index (χ1n) is 6.53. The van der Waals surface area contributed by atoms with E-state index in [9.17, 15) is 0 Å². The van der Waals surface area contributed by atoms with Crippen molar-refractivity contribution < 1.29 is 0 Å². The van der Waals surface area contributed by atoms with Gasteiger partial charge in [-0.15, -0.1) is 0 Å². The van der Waals surface area contributed by atoms with Gasteiger partial charge in [0, 0.05) is 32.1 Å². The van der Waals surface area contributed by atoms with Gasteiger partial charge in [0.2, 0.25) is 0 Å². The number of nitrogens with zero attached hydrogens (tertiary/aromatic N) is 2. The molecule has 0 heterocycles. The molecule has 0 rings (SSSR count). The van der Waals surface area contributed by atoms with Gasteiger partial charge in [0.25, 0.3) is 0 Å². The summed E-state index contributed by atoms with van der Waals surface area (Å²) in [6, 6.07) is 0.495. The minimum atomic E-state index is 0.495. The van der Waals surface area contributed by atoms with Gasteiger partial charge in [-0.05, 0) is 26.4 Å². The second-order valence-electron chi connectivity index (χ2n) is 5.42. The summed E-state index contributed by atoms with van der Waals surface area (Å²) in [6.07, 6.45) is 1.95. The fourth-order valence-electron chi connectivity index (χ4n) is 1.98. The zero-order valence-electron chi connectivity index (χ0n) is 12.1. The zero-order chi connectivity index (χ0) is 13.4. The summed E-state index contributed by atoms with van der Waals surface area (Å²) in [4.78, 5) is 5.39. The van der Waals surface area contributed by atoms with Crippen LogP contribution in [-0.2, 0) is 0 Å². The van der Waals surface area contributed by atoms with Crippen molar-refractivity contribution >= 4 is 17.2 Å². The smallest absolute Gasteiger partial charge is 0.0743 e. The Hall–Kier alpha value is -0.190. The summed E-state index contributed by atoms with van der Waals surface area (Å²) >= 11 is 5.05. The number of thiocarbonyl (C=S) groups is 1. The molecule has 1 unspecified atom stereocenters. The summed E-state index contributed by atoms with van der Waals surface area (Å²) in [5, 5.41) is 0. The van der Waals surface area contributed by atoms with E-state index in [2.05, 4.69) is 44.7 Å². The first-order valence-corrected chi connectivity index (χ1v) is 6.94. The number of hydrogen-bond donors (Lipinski definition) is 1. The van der Waals surface area contributed by atoms with Crippen LogP contribution in [0.2, 0.25) is 0 Å². The molecule has 0 radical (unpaired) electrons. The first-order chi connectivity index (χ1) is 7.86. The van der Waals surface area contributed by atoms with Crippen molar-refractivity contribution in [3.63, 3.8) is 0 Å². The van der Waals surface area contributed by atoms with Crippen LogP contribution in [0.25, 0.3) is 0 Å². The Balaban J connectivity index is 4.44. The molecule has 0 aliphatic carbocycles. The molecule has 1 atom stereocenters. The third-order valence-electron chi connectivity index (χ3n) is 2.86. The Labute approximate surface area is 112 Å². The summed E-state index contributed by atoms with van der Waals surface area (Å²) in [5.74, 6) is 0.678. The van der Waals surface area contributed by atoms with E-state index < -0.39 is 0 Å². The van der Waals surface area contributed by atoms with E-state index >= 15 is 0 Å². The van der Waals surface area contributed by atoms with Crippen molar-refractivity contribution in [3.05, 3.63) is 0 Å². The van der Waals surface area contributed by atoms with Gasteiger partial charge in [-0.1, -0.05) is 33.0 Å². The summed E-state index contributed by atoms with van der Waals surface area (Å²) in [5.41, 5.74) is 5.69. The molecule has 2 N–H and O–H groups in total. The topological polar surface area (TPSA) is 32.5 Å². The van der Waals surface area contributed by atoms with Crippen molar-refractivity contribution in [3.8, 4) is 0 Å². The molecule has 17 heavy (non-hydrogen) atoms. The standard InChI is InChI=1S/C13H29N3S/c1-6-12(9-13(14)17)16(10-11(2)3)8-7-15(4)5/h11-12H,6-10H2,1-5H3,(H2,14,17). The Morgan fingerprint density at radius 3 is 2.18 bits per heavy atom. The minimum Gasteiger partial charge on any atom is -0.393 e. The van der Waals surface area contributed by atoms with Crippen molar-refractivity contribution in [1.29, 1.82) is 0 Å². The molecule has 0 aromatic rings. The van der Waals surface area contributed by atoms with Crippen LogP contribution in [0, 0.1) is 5.92 Å². The Morgan fingerprint density at radius 2 is 1.82 bits per heavy atom. The maximum Gasteiger partial charge on any atom is 0.0743 e. The lowest BCUT2D eigenvalue weighted by molar-refractivity contribution is 0.159. The Kier molecular flexibility index (Phi) is 8.74. The molecular weight excluding hydrogens is 230 g/mol. The van der Waals surface area contributed by atoms with Gasteiger partial charge in [-0.25, -0.2) is 0 Å². The molecule has 102 valence electrons. The highest BCUT2D eigenvalue weighted by Crippen LogP contribution is 2.11. The highest BCUT2D eigenvalue weighted by atomic mass is 32.1. The molecule has 0 fully saturated rings. The molecule has 0 aromatic heterocycles. The normalized spacial score (nSPS) is 13.6. The molecule has 3 nitrogen and oxygen atoms in total. The second-order valence-corrected chi connectivity index (χ2v) is 5.95. The maximum absolute atomic E-state index is 5.69. The summed E-state index contributed by atoms with van der Waals surface area (Å²) in [6.45, 7) is 10.0. The van der Waals surface area contributed by atoms with Crippen molar-refractivity contribution in [2.24, 2.45) is 11.7 Å². The van der Waals surface area contributed by atoms with Crippen molar-refractivity contribution in [1.82, 2.24) is 9.80 Å². The predicted octanol–water partition coefficient (Wildman–Crippen LogP) is 1.96. The molecule has 0 aliphatic rings.